The summed E-state index contributed by atoms with van der Waals surface area (Å²) < 4.78 is 0. The Morgan fingerprint density at radius 1 is 1.08 bits per heavy atom. The van der Waals surface area contributed by atoms with E-state index in [1.807, 2.05) is 6.20 Å². The number of benzene rings is 2. The van der Waals surface area contributed by atoms with Crippen molar-refractivity contribution in [3.63, 3.8) is 0 Å². The Hall–Kier alpha value is -2.39. The molecule has 0 unspecified atom stereocenters. The molecule has 4 rings (SSSR count). The molecule has 1 N–H and O–H groups in total. The third-order valence-electron chi connectivity index (χ3n) is 5.21. The van der Waals surface area contributed by atoms with E-state index in [2.05, 4.69) is 75.8 Å². The van der Waals surface area contributed by atoms with Crippen molar-refractivity contribution in [2.75, 3.05) is 19.6 Å². The van der Waals surface area contributed by atoms with E-state index in [0.717, 1.165) is 18.0 Å². The first-order chi connectivity index (χ1) is 12.4. The molecule has 1 fully saturated rings. The molecule has 0 aliphatic carbocycles. The third-order valence-corrected chi connectivity index (χ3v) is 5.21. The van der Waals surface area contributed by atoms with Crippen molar-refractivity contribution in [2.45, 2.75) is 19.3 Å². The molecule has 0 amide bonds. The Bertz CT molecular complexity index is 827. The summed E-state index contributed by atoms with van der Waals surface area (Å²) in [5.41, 5.74) is 3.82. The Morgan fingerprint density at radius 2 is 1.92 bits per heavy atom. The molecular formula is C22H25N3. The Balaban J connectivity index is 1.25. The highest BCUT2D eigenvalue weighted by molar-refractivity contribution is 5.80. The van der Waals surface area contributed by atoms with Crippen LogP contribution in [0.1, 0.15) is 24.0 Å². The first-order valence-electron chi connectivity index (χ1n) is 9.23. The van der Waals surface area contributed by atoms with Crippen molar-refractivity contribution < 1.29 is 0 Å². The van der Waals surface area contributed by atoms with Gasteiger partial charge in [-0.3, -0.25) is 10.00 Å². The van der Waals surface area contributed by atoms with Gasteiger partial charge in [-0.05, 0) is 61.5 Å². The lowest BCUT2D eigenvalue weighted by Crippen LogP contribution is -2.34. The number of hydrogen-bond acceptors (Lipinski definition) is 2. The number of H-pyrrole nitrogens is 1. The van der Waals surface area contributed by atoms with E-state index < -0.39 is 0 Å². The van der Waals surface area contributed by atoms with Crippen molar-refractivity contribution in [1.82, 2.24) is 15.1 Å². The normalized spacial score (nSPS) is 16.8. The van der Waals surface area contributed by atoms with E-state index in [4.69, 9.17) is 0 Å². The first-order valence-corrected chi connectivity index (χ1v) is 9.23. The van der Waals surface area contributed by atoms with Crippen molar-refractivity contribution in [1.29, 1.82) is 0 Å². The smallest absolute Gasteiger partial charge is 0.0650 e. The summed E-state index contributed by atoms with van der Waals surface area (Å²) in [6.07, 6.45) is 10.2. The highest BCUT2D eigenvalue weighted by Gasteiger charge is 2.18. The molecule has 0 atom stereocenters. The van der Waals surface area contributed by atoms with Gasteiger partial charge < -0.3 is 0 Å². The van der Waals surface area contributed by atoms with Gasteiger partial charge in [0, 0.05) is 11.9 Å². The van der Waals surface area contributed by atoms with Gasteiger partial charge in [-0.1, -0.05) is 48.6 Å². The molecule has 3 aromatic rings. The van der Waals surface area contributed by atoms with E-state index in [9.17, 15) is 0 Å². The number of hydrogen-bond donors (Lipinski definition) is 1. The zero-order chi connectivity index (χ0) is 16.9. The van der Waals surface area contributed by atoms with E-state index in [1.54, 1.807) is 0 Å². The molecule has 0 saturated carbocycles. The third kappa shape index (κ3) is 4.18. The maximum absolute atomic E-state index is 4.08. The van der Waals surface area contributed by atoms with Crippen LogP contribution in [0.25, 0.3) is 17.0 Å². The van der Waals surface area contributed by atoms with Crippen molar-refractivity contribution in [2.24, 2.45) is 5.92 Å². The summed E-state index contributed by atoms with van der Waals surface area (Å²) in [6, 6.07) is 17.3. The summed E-state index contributed by atoms with van der Waals surface area (Å²) in [7, 11) is 0. The maximum atomic E-state index is 4.08. The fourth-order valence-corrected chi connectivity index (χ4v) is 3.72. The van der Waals surface area contributed by atoms with Crippen LogP contribution in [0.15, 0.2) is 60.8 Å². The van der Waals surface area contributed by atoms with Gasteiger partial charge in [0.2, 0.25) is 0 Å². The number of aromatic amines is 1. The zero-order valence-corrected chi connectivity index (χ0v) is 14.6. The molecule has 0 radical (unpaired) electrons. The first kappa shape index (κ1) is 16.1. The van der Waals surface area contributed by atoms with Crippen LogP contribution >= 0.6 is 0 Å². The highest BCUT2D eigenvalue weighted by Crippen LogP contribution is 2.21. The number of likely N-dealkylation sites (tertiary alicyclic amines) is 1. The van der Waals surface area contributed by atoms with Crippen molar-refractivity contribution >= 4 is 17.0 Å². The van der Waals surface area contributed by atoms with Crippen LogP contribution in [0, 0.1) is 5.92 Å². The number of fused-ring (bicyclic) bond motifs is 1. The minimum atomic E-state index is 0.839. The molecule has 0 spiro atoms. The molecule has 2 aromatic carbocycles. The van der Waals surface area contributed by atoms with Crippen LogP contribution in [0.4, 0.5) is 0 Å². The van der Waals surface area contributed by atoms with Crippen LogP contribution in [0.3, 0.4) is 0 Å². The zero-order valence-electron chi connectivity index (χ0n) is 14.6. The summed E-state index contributed by atoms with van der Waals surface area (Å²) in [4.78, 5) is 2.56. The molecule has 1 saturated heterocycles. The summed E-state index contributed by atoms with van der Waals surface area (Å²) in [6.45, 7) is 3.46. The molecule has 0 bridgehead atoms. The molecule has 1 aliphatic heterocycles. The Labute approximate surface area is 149 Å². The second kappa shape index (κ2) is 7.66. The van der Waals surface area contributed by atoms with Crippen LogP contribution in [-0.4, -0.2) is 34.7 Å². The van der Waals surface area contributed by atoms with E-state index in [-0.39, 0.29) is 0 Å². The van der Waals surface area contributed by atoms with Gasteiger partial charge in [0.1, 0.15) is 0 Å². The molecule has 1 aromatic heterocycles. The summed E-state index contributed by atoms with van der Waals surface area (Å²) in [5.74, 6) is 0.839. The quantitative estimate of drug-likeness (QED) is 0.745. The van der Waals surface area contributed by atoms with Crippen LogP contribution < -0.4 is 0 Å². The van der Waals surface area contributed by atoms with Crippen LogP contribution in [-0.2, 0) is 6.42 Å². The lowest BCUT2D eigenvalue weighted by molar-refractivity contribution is 0.200. The Morgan fingerprint density at radius 3 is 2.76 bits per heavy atom. The van der Waals surface area contributed by atoms with Crippen LogP contribution in [0.2, 0.25) is 0 Å². The van der Waals surface area contributed by atoms with Gasteiger partial charge in [0.15, 0.2) is 0 Å². The molecule has 3 nitrogen and oxygen atoms in total. The number of nitrogens with one attached hydrogen (secondary N) is 1. The second-order valence-corrected chi connectivity index (χ2v) is 7.05. The van der Waals surface area contributed by atoms with Crippen LogP contribution in [0.5, 0.6) is 0 Å². The minimum Gasteiger partial charge on any atom is -0.300 e. The summed E-state index contributed by atoms with van der Waals surface area (Å²) in [5, 5.41) is 8.24. The fourth-order valence-electron chi connectivity index (χ4n) is 3.72. The topological polar surface area (TPSA) is 31.9 Å². The van der Waals surface area contributed by atoms with Gasteiger partial charge in [0.25, 0.3) is 0 Å². The van der Waals surface area contributed by atoms with E-state index in [0.29, 0.717) is 0 Å². The lowest BCUT2D eigenvalue weighted by atomic mass is 9.90. The second-order valence-electron chi connectivity index (χ2n) is 7.05. The summed E-state index contributed by atoms with van der Waals surface area (Å²) >= 11 is 0. The van der Waals surface area contributed by atoms with Gasteiger partial charge in [-0.25, -0.2) is 0 Å². The molecule has 2 heterocycles. The maximum Gasteiger partial charge on any atom is 0.0650 e. The van der Waals surface area contributed by atoms with Gasteiger partial charge in [-0.15, -0.1) is 0 Å². The van der Waals surface area contributed by atoms with Gasteiger partial charge in [-0.2, -0.15) is 5.10 Å². The van der Waals surface area contributed by atoms with E-state index in [1.165, 1.54) is 48.9 Å². The lowest BCUT2D eigenvalue weighted by Gasteiger charge is -2.31. The molecule has 3 heteroatoms. The van der Waals surface area contributed by atoms with Gasteiger partial charge in [0.05, 0.1) is 11.7 Å². The fraction of sp³-hybridized carbons (Fsp3) is 0.318. The predicted octanol–water partition coefficient (Wildman–Crippen LogP) is 4.53. The number of piperidine rings is 1. The van der Waals surface area contributed by atoms with E-state index >= 15 is 0 Å². The average molecular weight is 331 g/mol. The van der Waals surface area contributed by atoms with Gasteiger partial charge >= 0.3 is 0 Å². The molecule has 25 heavy (non-hydrogen) atoms. The van der Waals surface area contributed by atoms with Crippen molar-refractivity contribution in [3.05, 3.63) is 71.9 Å². The Kier molecular flexibility index (Phi) is 4.93. The number of nitrogens with zero attached hydrogens (tertiary/aromatic N) is 2. The predicted molar refractivity (Wildman–Crippen MR) is 104 cm³/mol. The monoisotopic (exact) mass is 331 g/mol. The molecular weight excluding hydrogens is 306 g/mol. The molecule has 1 aliphatic rings. The average Bonchev–Trinajstić information content (AvgIpc) is 3.12. The number of aromatic nitrogens is 2. The number of rotatable bonds is 5. The highest BCUT2D eigenvalue weighted by atomic mass is 15.1. The molecule has 128 valence electrons. The van der Waals surface area contributed by atoms with Crippen molar-refractivity contribution in [3.8, 4) is 0 Å². The standard InChI is InChI=1S/C22H25N3/c1-2-5-18(6-3-1)15-20-10-13-25(14-11-20)12-4-7-19-8-9-22-21(16-19)17-23-24-22/h1-9,16-17,20H,10-15H2,(H,23,24)/b7-4-. The largest absolute Gasteiger partial charge is 0.300 e. The SMILES string of the molecule is C(=C/c1ccc2[nH]ncc2c1)/CN1CCC(Cc2ccccc2)CC1. The minimum absolute atomic E-state index is 0.839.